The van der Waals surface area contributed by atoms with Crippen LogP contribution in [-0.2, 0) is 0 Å². The first-order valence-corrected chi connectivity index (χ1v) is 8.74. The highest BCUT2D eigenvalue weighted by Gasteiger charge is 2.22. The number of nitrogens with zero attached hydrogens (tertiary/aromatic N) is 1. The lowest BCUT2D eigenvalue weighted by Gasteiger charge is -2.10. The summed E-state index contributed by atoms with van der Waals surface area (Å²) >= 11 is 0. The van der Waals surface area contributed by atoms with Gasteiger partial charge in [0, 0.05) is 16.5 Å². The van der Waals surface area contributed by atoms with E-state index in [1.54, 1.807) is 30.3 Å². The van der Waals surface area contributed by atoms with E-state index in [0.29, 0.717) is 22.2 Å². The summed E-state index contributed by atoms with van der Waals surface area (Å²) in [6.45, 7) is 1.97. The van der Waals surface area contributed by atoms with Crippen molar-refractivity contribution in [2.75, 3.05) is 0 Å². The molecule has 27 heavy (non-hydrogen) atoms. The lowest BCUT2D eigenvalue weighted by atomic mass is 9.95. The molecule has 0 saturated carbocycles. The molecule has 0 fully saturated rings. The molecule has 0 aliphatic rings. The van der Waals surface area contributed by atoms with Crippen molar-refractivity contribution in [3.05, 3.63) is 113 Å². The van der Waals surface area contributed by atoms with E-state index >= 15 is 0 Å². The smallest absolute Gasteiger partial charge is 0.212 e. The number of aromatic nitrogens is 1. The number of fused-ring (bicyclic) bond motifs is 1. The van der Waals surface area contributed by atoms with Gasteiger partial charge in [0.05, 0.1) is 11.1 Å². The second kappa shape index (κ2) is 6.96. The molecule has 4 rings (SSSR count). The van der Waals surface area contributed by atoms with Crippen molar-refractivity contribution in [3.8, 4) is 0 Å². The molecule has 0 atom stereocenters. The molecule has 0 amide bonds. The summed E-state index contributed by atoms with van der Waals surface area (Å²) in [5, 5.41) is 0.831. The summed E-state index contributed by atoms with van der Waals surface area (Å²) in [5.41, 5.74) is 3.33. The third-order valence-electron chi connectivity index (χ3n) is 4.53. The quantitative estimate of drug-likeness (QED) is 0.486. The fourth-order valence-electron chi connectivity index (χ4n) is 3.05. The van der Waals surface area contributed by atoms with Crippen LogP contribution in [-0.4, -0.2) is 16.6 Å². The number of pyridine rings is 1. The zero-order valence-electron chi connectivity index (χ0n) is 14.8. The Morgan fingerprint density at radius 2 is 1.33 bits per heavy atom. The summed E-state index contributed by atoms with van der Waals surface area (Å²) in [4.78, 5) is 30.8. The van der Waals surface area contributed by atoms with Gasteiger partial charge in [-0.05, 0) is 19.1 Å². The van der Waals surface area contributed by atoms with Gasteiger partial charge in [-0.3, -0.25) is 9.59 Å². The van der Waals surface area contributed by atoms with Crippen LogP contribution in [0.25, 0.3) is 10.9 Å². The van der Waals surface area contributed by atoms with Crippen LogP contribution >= 0.6 is 0 Å². The van der Waals surface area contributed by atoms with E-state index in [4.69, 9.17) is 0 Å². The molecule has 4 aromatic rings. The molecule has 0 saturated heterocycles. The summed E-state index contributed by atoms with van der Waals surface area (Å²) in [5.74, 6) is -0.454. The van der Waals surface area contributed by atoms with Gasteiger partial charge >= 0.3 is 0 Å². The second-order valence-corrected chi connectivity index (χ2v) is 6.47. The zero-order chi connectivity index (χ0) is 18.8. The van der Waals surface area contributed by atoms with Crippen LogP contribution in [0.4, 0.5) is 0 Å². The Labute approximate surface area is 157 Å². The minimum absolute atomic E-state index is 0.186. The summed E-state index contributed by atoms with van der Waals surface area (Å²) < 4.78 is 0. The molecule has 3 aromatic carbocycles. The molecule has 0 bridgehead atoms. The van der Waals surface area contributed by atoms with Crippen LogP contribution in [0.2, 0.25) is 0 Å². The van der Waals surface area contributed by atoms with Crippen LogP contribution in [0.5, 0.6) is 0 Å². The molecular formula is C24H17NO2. The SMILES string of the molecule is Cc1ccc(C(=O)c2nc3ccccc3cc2C(=O)c2ccccc2)cc1. The van der Waals surface area contributed by atoms with Gasteiger partial charge in [-0.15, -0.1) is 0 Å². The van der Waals surface area contributed by atoms with Gasteiger partial charge in [0.15, 0.2) is 5.78 Å². The van der Waals surface area contributed by atoms with Crippen molar-refractivity contribution in [3.63, 3.8) is 0 Å². The number of hydrogen-bond donors (Lipinski definition) is 0. The van der Waals surface area contributed by atoms with Crippen LogP contribution in [0.1, 0.15) is 37.5 Å². The summed E-state index contributed by atoms with van der Waals surface area (Å²) in [7, 11) is 0. The molecule has 130 valence electrons. The van der Waals surface area contributed by atoms with E-state index in [1.807, 2.05) is 61.5 Å². The van der Waals surface area contributed by atoms with Gasteiger partial charge in [-0.2, -0.15) is 0 Å². The van der Waals surface area contributed by atoms with Crippen molar-refractivity contribution in [2.45, 2.75) is 6.92 Å². The van der Waals surface area contributed by atoms with Gasteiger partial charge in [-0.25, -0.2) is 4.98 Å². The standard InChI is InChI=1S/C24H17NO2/c1-16-11-13-18(14-12-16)24(27)22-20(23(26)17-7-3-2-4-8-17)15-19-9-5-6-10-21(19)25-22/h2-15H,1H3. The molecular weight excluding hydrogens is 334 g/mol. The highest BCUT2D eigenvalue weighted by atomic mass is 16.1. The number of aryl methyl sites for hydroxylation is 1. The number of rotatable bonds is 4. The molecule has 0 N–H and O–H groups in total. The minimum atomic E-state index is -0.250. The molecule has 3 nitrogen and oxygen atoms in total. The highest BCUT2D eigenvalue weighted by Crippen LogP contribution is 2.22. The lowest BCUT2D eigenvalue weighted by Crippen LogP contribution is -2.13. The van der Waals surface area contributed by atoms with Crippen molar-refractivity contribution >= 4 is 22.5 Å². The van der Waals surface area contributed by atoms with E-state index in [0.717, 1.165) is 10.9 Å². The molecule has 0 unspecified atom stereocenters. The highest BCUT2D eigenvalue weighted by molar-refractivity contribution is 6.19. The molecule has 3 heteroatoms. The number of benzene rings is 3. The van der Waals surface area contributed by atoms with E-state index in [9.17, 15) is 9.59 Å². The minimum Gasteiger partial charge on any atom is -0.289 e. The summed E-state index contributed by atoms with van der Waals surface area (Å²) in [6, 6.07) is 25.5. The van der Waals surface area contributed by atoms with Gasteiger partial charge < -0.3 is 0 Å². The van der Waals surface area contributed by atoms with Gasteiger partial charge in [0.2, 0.25) is 5.78 Å². The second-order valence-electron chi connectivity index (χ2n) is 6.47. The Morgan fingerprint density at radius 1 is 0.704 bits per heavy atom. The van der Waals surface area contributed by atoms with Crippen LogP contribution in [0, 0.1) is 6.92 Å². The van der Waals surface area contributed by atoms with Gasteiger partial charge in [-0.1, -0.05) is 78.4 Å². The van der Waals surface area contributed by atoms with E-state index in [2.05, 4.69) is 4.98 Å². The fourth-order valence-corrected chi connectivity index (χ4v) is 3.05. The Balaban J connectivity index is 1.91. The molecule has 0 aliphatic carbocycles. The Kier molecular flexibility index (Phi) is 4.35. The zero-order valence-corrected chi connectivity index (χ0v) is 14.8. The number of hydrogen-bond acceptors (Lipinski definition) is 3. The normalized spacial score (nSPS) is 10.7. The first-order valence-electron chi connectivity index (χ1n) is 8.74. The van der Waals surface area contributed by atoms with Gasteiger partial charge in [0.1, 0.15) is 5.69 Å². The first kappa shape index (κ1) is 16.9. The Hall–Kier alpha value is -3.59. The largest absolute Gasteiger partial charge is 0.289 e. The maximum Gasteiger partial charge on any atom is 0.212 e. The first-order chi connectivity index (χ1) is 13.1. The average molecular weight is 351 g/mol. The molecule has 0 aliphatic heterocycles. The summed E-state index contributed by atoms with van der Waals surface area (Å²) in [6.07, 6.45) is 0. The van der Waals surface area contributed by atoms with Gasteiger partial charge in [0.25, 0.3) is 0 Å². The Morgan fingerprint density at radius 3 is 2.07 bits per heavy atom. The molecule has 0 radical (unpaired) electrons. The lowest BCUT2D eigenvalue weighted by molar-refractivity contribution is 0.1000. The number of ketones is 2. The average Bonchev–Trinajstić information content (AvgIpc) is 2.73. The maximum absolute atomic E-state index is 13.1. The number of carbonyl (C=O) groups excluding carboxylic acids is 2. The van der Waals surface area contributed by atoms with Crippen molar-refractivity contribution in [1.82, 2.24) is 4.98 Å². The number of para-hydroxylation sites is 1. The fraction of sp³-hybridized carbons (Fsp3) is 0.0417. The van der Waals surface area contributed by atoms with E-state index in [-0.39, 0.29) is 17.3 Å². The third kappa shape index (κ3) is 3.27. The van der Waals surface area contributed by atoms with Crippen molar-refractivity contribution in [2.24, 2.45) is 0 Å². The van der Waals surface area contributed by atoms with E-state index in [1.165, 1.54) is 0 Å². The van der Waals surface area contributed by atoms with Crippen LogP contribution in [0.3, 0.4) is 0 Å². The van der Waals surface area contributed by atoms with Crippen molar-refractivity contribution in [1.29, 1.82) is 0 Å². The number of carbonyl (C=O) groups is 2. The predicted molar refractivity (Wildman–Crippen MR) is 106 cm³/mol. The molecule has 1 heterocycles. The van der Waals surface area contributed by atoms with Crippen LogP contribution < -0.4 is 0 Å². The topological polar surface area (TPSA) is 47.0 Å². The predicted octanol–water partition coefficient (Wildman–Crippen LogP) is 5.01. The molecule has 0 spiro atoms. The monoisotopic (exact) mass is 351 g/mol. The van der Waals surface area contributed by atoms with Crippen LogP contribution in [0.15, 0.2) is 84.9 Å². The Bertz CT molecular complexity index is 1150. The van der Waals surface area contributed by atoms with E-state index < -0.39 is 0 Å². The third-order valence-corrected chi connectivity index (χ3v) is 4.53. The molecule has 1 aromatic heterocycles. The van der Waals surface area contributed by atoms with Crippen molar-refractivity contribution < 1.29 is 9.59 Å². The maximum atomic E-state index is 13.1.